The third-order valence-corrected chi connectivity index (χ3v) is 4.92. The van der Waals surface area contributed by atoms with Crippen LogP contribution in [0.1, 0.15) is 57.8 Å². The number of aliphatic hydroxyl groups is 1. The first-order valence-electron chi connectivity index (χ1n) is 7.60. The van der Waals surface area contributed by atoms with Crippen LogP contribution in [-0.2, 0) is 4.79 Å². The molecule has 0 aliphatic heterocycles. The summed E-state index contributed by atoms with van der Waals surface area (Å²) < 4.78 is 0. The Balaban J connectivity index is 1.83. The van der Waals surface area contributed by atoms with Gasteiger partial charge in [-0.05, 0) is 44.4 Å². The van der Waals surface area contributed by atoms with Gasteiger partial charge in [0, 0.05) is 25.6 Å². The minimum absolute atomic E-state index is 0.291. The fourth-order valence-corrected chi connectivity index (χ4v) is 3.53. The Labute approximate surface area is 111 Å². The molecule has 2 fully saturated rings. The van der Waals surface area contributed by atoms with Gasteiger partial charge in [0.05, 0.1) is 0 Å². The third-order valence-electron chi connectivity index (χ3n) is 4.92. The summed E-state index contributed by atoms with van der Waals surface area (Å²) in [6.07, 6.45) is 10.2. The Morgan fingerprint density at radius 2 is 1.67 bits per heavy atom. The Bertz CT molecular complexity index is 266. The van der Waals surface area contributed by atoms with Gasteiger partial charge in [-0.15, -0.1) is 0 Å². The van der Waals surface area contributed by atoms with E-state index in [9.17, 15) is 4.79 Å². The van der Waals surface area contributed by atoms with Crippen molar-refractivity contribution in [2.75, 3.05) is 13.7 Å². The average molecular weight is 253 g/mol. The number of hydrogen-bond donors (Lipinski definition) is 1. The van der Waals surface area contributed by atoms with Gasteiger partial charge in [-0.2, -0.15) is 0 Å². The molecule has 0 aromatic heterocycles. The number of nitrogens with zero attached hydrogens (tertiary/aromatic N) is 1. The molecular weight excluding hydrogens is 226 g/mol. The second-order valence-electron chi connectivity index (χ2n) is 6.14. The Morgan fingerprint density at radius 1 is 1.06 bits per heavy atom. The summed E-state index contributed by atoms with van der Waals surface area (Å²) in [5.41, 5.74) is 0. The topological polar surface area (TPSA) is 40.5 Å². The van der Waals surface area contributed by atoms with E-state index in [1.807, 2.05) is 11.9 Å². The van der Waals surface area contributed by atoms with Gasteiger partial charge in [-0.25, -0.2) is 0 Å². The zero-order chi connectivity index (χ0) is 13.0. The number of carbonyl (C=O) groups excluding carboxylic acids is 1. The Morgan fingerprint density at radius 3 is 2.22 bits per heavy atom. The number of carbonyl (C=O) groups is 1. The quantitative estimate of drug-likeness (QED) is 0.840. The number of rotatable bonds is 3. The van der Waals surface area contributed by atoms with Crippen LogP contribution in [-0.4, -0.2) is 35.6 Å². The lowest BCUT2D eigenvalue weighted by Gasteiger charge is -2.36. The van der Waals surface area contributed by atoms with Crippen LogP contribution in [0.15, 0.2) is 0 Å². The molecule has 0 saturated heterocycles. The molecule has 1 N–H and O–H groups in total. The molecule has 0 atom stereocenters. The van der Waals surface area contributed by atoms with Gasteiger partial charge in [0.2, 0.25) is 5.91 Å². The molecule has 0 aromatic rings. The standard InChI is InChI=1S/C15H27NO2/c1-16(14-9-7-12(11-17)8-10-14)15(18)13-5-3-2-4-6-13/h12-14,17H,2-11H2,1H3. The Kier molecular flexibility index (Phi) is 5.04. The van der Waals surface area contributed by atoms with E-state index in [0.29, 0.717) is 30.4 Å². The van der Waals surface area contributed by atoms with Gasteiger partial charge < -0.3 is 10.0 Å². The maximum Gasteiger partial charge on any atom is 0.225 e. The fourth-order valence-electron chi connectivity index (χ4n) is 3.53. The van der Waals surface area contributed by atoms with Crippen LogP contribution in [0.3, 0.4) is 0 Å². The van der Waals surface area contributed by atoms with Crippen molar-refractivity contribution in [2.45, 2.75) is 63.8 Å². The summed E-state index contributed by atoms with van der Waals surface area (Å²) in [6, 6.07) is 0.419. The minimum Gasteiger partial charge on any atom is -0.396 e. The van der Waals surface area contributed by atoms with Crippen molar-refractivity contribution in [3.8, 4) is 0 Å². The summed E-state index contributed by atoms with van der Waals surface area (Å²) in [4.78, 5) is 14.4. The van der Waals surface area contributed by atoms with Crippen molar-refractivity contribution in [3.63, 3.8) is 0 Å². The van der Waals surface area contributed by atoms with Crippen molar-refractivity contribution >= 4 is 5.91 Å². The SMILES string of the molecule is CN(C(=O)C1CCCCC1)C1CCC(CO)CC1. The largest absolute Gasteiger partial charge is 0.396 e. The molecular formula is C15H27NO2. The average Bonchev–Trinajstić information content (AvgIpc) is 2.47. The fraction of sp³-hybridized carbons (Fsp3) is 0.933. The number of amides is 1. The summed E-state index contributed by atoms with van der Waals surface area (Å²) in [7, 11) is 1.99. The summed E-state index contributed by atoms with van der Waals surface area (Å²) in [5, 5.41) is 9.15. The van der Waals surface area contributed by atoms with E-state index < -0.39 is 0 Å². The zero-order valence-electron chi connectivity index (χ0n) is 11.6. The normalized spacial score (nSPS) is 30.1. The van der Waals surface area contributed by atoms with E-state index in [0.717, 1.165) is 38.5 Å². The predicted octanol–water partition coefficient (Wildman–Crippen LogP) is 2.58. The molecule has 3 heteroatoms. The van der Waals surface area contributed by atoms with Crippen LogP contribution in [0, 0.1) is 11.8 Å². The third kappa shape index (κ3) is 3.25. The molecule has 2 saturated carbocycles. The lowest BCUT2D eigenvalue weighted by atomic mass is 9.84. The van der Waals surface area contributed by atoms with Crippen molar-refractivity contribution in [1.29, 1.82) is 0 Å². The second kappa shape index (κ2) is 6.55. The number of aliphatic hydroxyl groups excluding tert-OH is 1. The molecule has 0 spiro atoms. The first-order chi connectivity index (χ1) is 8.72. The van der Waals surface area contributed by atoms with Gasteiger partial charge in [0.25, 0.3) is 0 Å². The molecule has 0 radical (unpaired) electrons. The van der Waals surface area contributed by atoms with Crippen LogP contribution >= 0.6 is 0 Å². The smallest absolute Gasteiger partial charge is 0.225 e. The molecule has 3 nitrogen and oxygen atoms in total. The molecule has 18 heavy (non-hydrogen) atoms. The zero-order valence-corrected chi connectivity index (χ0v) is 11.6. The van der Waals surface area contributed by atoms with E-state index in [1.54, 1.807) is 0 Å². The van der Waals surface area contributed by atoms with Gasteiger partial charge >= 0.3 is 0 Å². The molecule has 104 valence electrons. The van der Waals surface area contributed by atoms with Crippen LogP contribution < -0.4 is 0 Å². The Hall–Kier alpha value is -0.570. The summed E-state index contributed by atoms with van der Waals surface area (Å²) in [6.45, 7) is 0.313. The highest BCUT2D eigenvalue weighted by atomic mass is 16.3. The molecule has 0 heterocycles. The molecule has 2 aliphatic rings. The second-order valence-corrected chi connectivity index (χ2v) is 6.14. The van der Waals surface area contributed by atoms with Gasteiger partial charge in [-0.3, -0.25) is 4.79 Å². The van der Waals surface area contributed by atoms with Crippen LogP contribution in [0.2, 0.25) is 0 Å². The number of hydrogen-bond acceptors (Lipinski definition) is 2. The summed E-state index contributed by atoms with van der Waals surface area (Å²) >= 11 is 0. The molecule has 2 rings (SSSR count). The molecule has 2 aliphatic carbocycles. The first-order valence-corrected chi connectivity index (χ1v) is 7.60. The maximum atomic E-state index is 12.4. The van der Waals surface area contributed by atoms with Gasteiger partial charge in [-0.1, -0.05) is 19.3 Å². The van der Waals surface area contributed by atoms with Crippen molar-refractivity contribution < 1.29 is 9.90 Å². The van der Waals surface area contributed by atoms with Crippen LogP contribution in [0.4, 0.5) is 0 Å². The van der Waals surface area contributed by atoms with Crippen molar-refractivity contribution in [3.05, 3.63) is 0 Å². The first kappa shape index (κ1) is 13.9. The minimum atomic E-state index is 0.291. The van der Waals surface area contributed by atoms with E-state index >= 15 is 0 Å². The lowest BCUT2D eigenvalue weighted by Crippen LogP contribution is -2.43. The van der Waals surface area contributed by atoms with Gasteiger partial charge in [0.1, 0.15) is 0 Å². The lowest BCUT2D eigenvalue weighted by molar-refractivity contribution is -0.138. The molecule has 0 unspecified atom stereocenters. The highest BCUT2D eigenvalue weighted by molar-refractivity contribution is 5.79. The summed E-state index contributed by atoms with van der Waals surface area (Å²) in [5.74, 6) is 1.14. The van der Waals surface area contributed by atoms with E-state index in [2.05, 4.69) is 0 Å². The highest BCUT2D eigenvalue weighted by Crippen LogP contribution is 2.30. The highest BCUT2D eigenvalue weighted by Gasteiger charge is 2.30. The maximum absolute atomic E-state index is 12.4. The van der Waals surface area contributed by atoms with Gasteiger partial charge in [0.15, 0.2) is 0 Å². The predicted molar refractivity (Wildman–Crippen MR) is 72.2 cm³/mol. The van der Waals surface area contributed by atoms with Crippen LogP contribution in [0.25, 0.3) is 0 Å². The molecule has 1 amide bonds. The van der Waals surface area contributed by atoms with Crippen LogP contribution in [0.5, 0.6) is 0 Å². The van der Waals surface area contributed by atoms with Crippen molar-refractivity contribution in [2.24, 2.45) is 11.8 Å². The van der Waals surface area contributed by atoms with E-state index in [1.165, 1.54) is 19.3 Å². The van der Waals surface area contributed by atoms with E-state index in [4.69, 9.17) is 5.11 Å². The monoisotopic (exact) mass is 253 g/mol. The van der Waals surface area contributed by atoms with Crippen molar-refractivity contribution in [1.82, 2.24) is 4.90 Å². The molecule has 0 bridgehead atoms. The molecule has 0 aromatic carbocycles. The van der Waals surface area contributed by atoms with E-state index in [-0.39, 0.29) is 0 Å².